The number of hydrogen-bond acceptors (Lipinski definition) is 2. The van der Waals surface area contributed by atoms with Crippen molar-refractivity contribution in [1.82, 2.24) is 15.1 Å². The van der Waals surface area contributed by atoms with Gasteiger partial charge in [-0.3, -0.25) is 4.68 Å². The van der Waals surface area contributed by atoms with Gasteiger partial charge in [0.15, 0.2) is 0 Å². The van der Waals surface area contributed by atoms with Gasteiger partial charge < -0.3 is 5.32 Å². The van der Waals surface area contributed by atoms with Crippen molar-refractivity contribution in [1.29, 1.82) is 0 Å². The van der Waals surface area contributed by atoms with Gasteiger partial charge >= 0.3 is 0 Å². The van der Waals surface area contributed by atoms with E-state index in [1.165, 1.54) is 11.3 Å². The van der Waals surface area contributed by atoms with E-state index in [9.17, 15) is 0 Å². The van der Waals surface area contributed by atoms with Gasteiger partial charge in [-0.15, -0.1) is 0 Å². The molecule has 0 radical (unpaired) electrons. The highest BCUT2D eigenvalue weighted by Crippen LogP contribution is 2.26. The molecule has 18 heavy (non-hydrogen) atoms. The van der Waals surface area contributed by atoms with E-state index in [1.54, 1.807) is 0 Å². The van der Waals surface area contributed by atoms with Gasteiger partial charge in [0.25, 0.3) is 0 Å². The van der Waals surface area contributed by atoms with Crippen molar-refractivity contribution in [2.45, 2.75) is 12.8 Å². The van der Waals surface area contributed by atoms with Gasteiger partial charge in [0, 0.05) is 23.3 Å². The molecule has 0 fully saturated rings. The predicted octanol–water partition coefficient (Wildman–Crippen LogP) is 2.89. The molecule has 1 N–H and O–H groups in total. The molecule has 2 aromatic rings. The average Bonchev–Trinajstić information content (AvgIpc) is 2.72. The van der Waals surface area contributed by atoms with Crippen molar-refractivity contribution >= 4 is 11.6 Å². The summed E-state index contributed by atoms with van der Waals surface area (Å²) in [6, 6.07) is 7.93. The van der Waals surface area contributed by atoms with Crippen molar-refractivity contribution in [2.24, 2.45) is 7.05 Å². The van der Waals surface area contributed by atoms with Crippen molar-refractivity contribution in [2.75, 3.05) is 13.6 Å². The van der Waals surface area contributed by atoms with Crippen LogP contribution in [0.5, 0.6) is 0 Å². The second-order valence-electron chi connectivity index (χ2n) is 4.35. The fourth-order valence-corrected chi connectivity index (χ4v) is 2.28. The largest absolute Gasteiger partial charge is 0.320 e. The summed E-state index contributed by atoms with van der Waals surface area (Å²) in [4.78, 5) is 0. The average molecular weight is 264 g/mol. The van der Waals surface area contributed by atoms with Crippen LogP contribution in [-0.2, 0) is 13.5 Å². The number of nitrogens with one attached hydrogen (secondary N) is 1. The van der Waals surface area contributed by atoms with E-state index >= 15 is 0 Å². The fraction of sp³-hybridized carbons (Fsp3) is 0.357. The minimum atomic E-state index is 0.762. The normalized spacial score (nSPS) is 10.8. The molecule has 0 amide bonds. The summed E-state index contributed by atoms with van der Waals surface area (Å²) in [6.45, 7) is 1.01. The van der Waals surface area contributed by atoms with Crippen molar-refractivity contribution in [3.05, 3.63) is 41.2 Å². The number of aryl methyl sites for hydroxylation is 1. The Morgan fingerprint density at radius 3 is 2.94 bits per heavy atom. The van der Waals surface area contributed by atoms with Gasteiger partial charge in [-0.1, -0.05) is 23.7 Å². The second-order valence-corrected chi connectivity index (χ2v) is 4.78. The van der Waals surface area contributed by atoms with Crippen LogP contribution in [-0.4, -0.2) is 23.4 Å². The Labute approximate surface area is 113 Å². The van der Waals surface area contributed by atoms with Gasteiger partial charge in [0.05, 0.1) is 6.20 Å². The van der Waals surface area contributed by atoms with Crippen LogP contribution in [0.4, 0.5) is 0 Å². The van der Waals surface area contributed by atoms with Crippen LogP contribution < -0.4 is 5.32 Å². The lowest BCUT2D eigenvalue weighted by Crippen LogP contribution is -2.10. The quantitative estimate of drug-likeness (QED) is 0.841. The third-order valence-electron chi connectivity index (χ3n) is 3.04. The molecule has 1 heterocycles. The number of aromatic nitrogens is 2. The monoisotopic (exact) mass is 263 g/mol. The second kappa shape index (κ2) is 6.03. The van der Waals surface area contributed by atoms with Crippen molar-refractivity contribution in [3.63, 3.8) is 0 Å². The summed E-state index contributed by atoms with van der Waals surface area (Å²) >= 11 is 6.04. The predicted molar refractivity (Wildman–Crippen MR) is 75.9 cm³/mol. The van der Waals surface area contributed by atoms with Crippen LogP contribution in [0.15, 0.2) is 30.5 Å². The lowest BCUT2D eigenvalue weighted by Gasteiger charge is -2.06. The van der Waals surface area contributed by atoms with E-state index in [4.69, 9.17) is 11.6 Å². The molecule has 0 aliphatic rings. The minimum absolute atomic E-state index is 0.762. The van der Waals surface area contributed by atoms with Crippen LogP contribution in [0.25, 0.3) is 11.1 Å². The number of benzene rings is 1. The van der Waals surface area contributed by atoms with E-state index < -0.39 is 0 Å². The van der Waals surface area contributed by atoms with Crippen LogP contribution in [0.3, 0.4) is 0 Å². The van der Waals surface area contributed by atoms with Gasteiger partial charge in [-0.2, -0.15) is 5.10 Å². The van der Waals surface area contributed by atoms with Gasteiger partial charge in [0.2, 0.25) is 0 Å². The minimum Gasteiger partial charge on any atom is -0.320 e. The van der Waals surface area contributed by atoms with Crippen LogP contribution in [0.2, 0.25) is 5.02 Å². The smallest absolute Gasteiger partial charge is 0.0571 e. The molecule has 4 heteroatoms. The molecule has 0 saturated carbocycles. The maximum atomic E-state index is 6.04. The Morgan fingerprint density at radius 2 is 2.22 bits per heavy atom. The maximum absolute atomic E-state index is 6.04. The summed E-state index contributed by atoms with van der Waals surface area (Å²) in [5, 5.41) is 8.28. The van der Waals surface area contributed by atoms with E-state index in [-0.39, 0.29) is 0 Å². The molecule has 0 spiro atoms. The first-order chi connectivity index (χ1) is 8.72. The Hall–Kier alpha value is -1.32. The molecule has 1 aromatic carbocycles. The summed E-state index contributed by atoms with van der Waals surface area (Å²) in [7, 11) is 3.96. The molecular weight excluding hydrogens is 246 g/mol. The SMILES string of the molecule is CNCCCc1c(-c2cccc(Cl)c2)cnn1C. The molecule has 0 atom stereocenters. The molecule has 1 aromatic heterocycles. The van der Waals surface area contributed by atoms with E-state index in [0.29, 0.717) is 0 Å². The zero-order chi connectivity index (χ0) is 13.0. The zero-order valence-electron chi connectivity index (χ0n) is 10.8. The molecule has 0 aliphatic carbocycles. The maximum Gasteiger partial charge on any atom is 0.0571 e. The first-order valence-corrected chi connectivity index (χ1v) is 6.51. The van der Waals surface area contributed by atoms with Crippen LogP contribution >= 0.6 is 11.6 Å². The molecule has 0 saturated heterocycles. The van der Waals surface area contributed by atoms with Crippen LogP contribution in [0, 0.1) is 0 Å². The third-order valence-corrected chi connectivity index (χ3v) is 3.27. The van der Waals surface area contributed by atoms with Gasteiger partial charge in [0.1, 0.15) is 0 Å². The summed E-state index contributed by atoms with van der Waals surface area (Å²) < 4.78 is 1.95. The summed E-state index contributed by atoms with van der Waals surface area (Å²) in [5.41, 5.74) is 3.57. The molecule has 3 nitrogen and oxygen atoms in total. The number of hydrogen-bond donors (Lipinski definition) is 1. The molecular formula is C14H18ClN3. The Kier molecular flexibility index (Phi) is 4.39. The zero-order valence-corrected chi connectivity index (χ0v) is 11.5. The van der Waals surface area contributed by atoms with E-state index in [2.05, 4.69) is 16.5 Å². The first kappa shape index (κ1) is 13.1. The number of halogens is 1. The molecule has 0 bridgehead atoms. The number of nitrogens with zero attached hydrogens (tertiary/aromatic N) is 2. The van der Waals surface area contributed by atoms with Crippen molar-refractivity contribution in [3.8, 4) is 11.1 Å². The summed E-state index contributed by atoms with van der Waals surface area (Å²) in [5.74, 6) is 0. The number of rotatable bonds is 5. The molecule has 0 unspecified atom stereocenters. The van der Waals surface area contributed by atoms with Gasteiger partial charge in [-0.25, -0.2) is 0 Å². The highest BCUT2D eigenvalue weighted by molar-refractivity contribution is 6.30. The third kappa shape index (κ3) is 2.92. The summed E-state index contributed by atoms with van der Waals surface area (Å²) in [6.07, 6.45) is 4.03. The lowest BCUT2D eigenvalue weighted by molar-refractivity contribution is 0.660. The fourth-order valence-electron chi connectivity index (χ4n) is 2.09. The molecule has 2 rings (SSSR count). The highest BCUT2D eigenvalue weighted by atomic mass is 35.5. The molecule has 0 aliphatic heterocycles. The van der Waals surface area contributed by atoms with Gasteiger partial charge in [-0.05, 0) is 44.1 Å². The van der Waals surface area contributed by atoms with Crippen molar-refractivity contribution < 1.29 is 0 Å². The Bertz CT molecular complexity index is 520. The topological polar surface area (TPSA) is 29.9 Å². The van der Waals surface area contributed by atoms with E-state index in [1.807, 2.05) is 43.2 Å². The first-order valence-electron chi connectivity index (χ1n) is 6.14. The molecule has 96 valence electrons. The highest BCUT2D eigenvalue weighted by Gasteiger charge is 2.10. The Balaban J connectivity index is 2.28. The van der Waals surface area contributed by atoms with Crippen LogP contribution in [0.1, 0.15) is 12.1 Å². The Morgan fingerprint density at radius 1 is 1.39 bits per heavy atom. The standard InChI is InChI=1S/C14H18ClN3/c1-16-8-4-7-14-13(10-17-18(14)2)11-5-3-6-12(15)9-11/h3,5-6,9-10,16H,4,7-8H2,1-2H3. The van der Waals surface area contributed by atoms with E-state index in [0.717, 1.165) is 30.0 Å². The lowest BCUT2D eigenvalue weighted by atomic mass is 10.0.